The lowest BCUT2D eigenvalue weighted by molar-refractivity contribution is -0.116. The minimum Gasteiger partial charge on any atom is -0.460 e. The highest BCUT2D eigenvalue weighted by molar-refractivity contribution is 7.88. The number of carbonyl (C=O) groups is 1. The van der Waals surface area contributed by atoms with Crippen molar-refractivity contribution >= 4 is 22.0 Å². The first-order chi connectivity index (χ1) is 9.32. The highest BCUT2D eigenvalue weighted by atomic mass is 32.2. The lowest BCUT2D eigenvalue weighted by atomic mass is 10.3. The minimum absolute atomic E-state index is 0.161. The molecule has 1 aromatic rings. The van der Waals surface area contributed by atoms with Crippen molar-refractivity contribution in [2.45, 2.75) is 19.9 Å². The van der Waals surface area contributed by atoms with E-state index < -0.39 is 10.0 Å². The molecule has 0 fully saturated rings. The molecule has 1 N–H and O–H groups in total. The number of nitrogens with one attached hydrogen (secondary N) is 1. The van der Waals surface area contributed by atoms with E-state index in [2.05, 4.69) is 5.32 Å². The minimum atomic E-state index is -3.24. The zero-order chi connectivity index (χ0) is 15.2. The third kappa shape index (κ3) is 5.58. The van der Waals surface area contributed by atoms with Crippen LogP contribution in [0.2, 0.25) is 0 Å². The Kier molecular flexibility index (Phi) is 5.97. The molecule has 0 bridgehead atoms. The van der Waals surface area contributed by atoms with E-state index in [1.54, 1.807) is 18.2 Å². The predicted molar refractivity (Wildman–Crippen MR) is 77.4 cm³/mol. The molecule has 20 heavy (non-hydrogen) atoms. The number of carbonyl (C=O) groups excluding carboxylic acids is 1. The van der Waals surface area contributed by atoms with E-state index in [0.29, 0.717) is 18.1 Å². The van der Waals surface area contributed by atoms with Crippen LogP contribution in [0.15, 0.2) is 22.6 Å². The molecule has 0 radical (unpaired) electrons. The third-order valence-electron chi connectivity index (χ3n) is 2.58. The van der Waals surface area contributed by atoms with Crippen LogP contribution in [0, 0.1) is 0 Å². The smallest absolute Gasteiger partial charge is 0.244 e. The summed E-state index contributed by atoms with van der Waals surface area (Å²) in [5, 5.41) is 2.71. The SMILES string of the molecule is CCCNC(=O)/C=C/c1ccc(CN(C)S(C)(=O)=O)o1. The van der Waals surface area contributed by atoms with Crippen molar-refractivity contribution in [2.75, 3.05) is 19.8 Å². The molecule has 1 aromatic heterocycles. The number of nitrogens with zero attached hydrogens (tertiary/aromatic N) is 1. The Hall–Kier alpha value is -1.60. The normalized spacial score (nSPS) is 12.2. The molecule has 0 saturated heterocycles. The first kappa shape index (κ1) is 16.5. The summed E-state index contributed by atoms with van der Waals surface area (Å²) < 4.78 is 29.2. The second-order valence-electron chi connectivity index (χ2n) is 4.45. The molecular weight excluding hydrogens is 280 g/mol. The van der Waals surface area contributed by atoms with Crippen molar-refractivity contribution in [2.24, 2.45) is 0 Å². The van der Waals surface area contributed by atoms with Crippen LogP contribution in [0.5, 0.6) is 0 Å². The van der Waals surface area contributed by atoms with E-state index in [9.17, 15) is 13.2 Å². The monoisotopic (exact) mass is 300 g/mol. The largest absolute Gasteiger partial charge is 0.460 e. The van der Waals surface area contributed by atoms with Gasteiger partial charge in [0, 0.05) is 19.7 Å². The second kappa shape index (κ2) is 7.25. The molecule has 0 aromatic carbocycles. The number of furan rings is 1. The fourth-order valence-corrected chi connectivity index (χ4v) is 1.73. The molecule has 7 heteroatoms. The van der Waals surface area contributed by atoms with E-state index in [1.807, 2.05) is 6.92 Å². The van der Waals surface area contributed by atoms with Gasteiger partial charge >= 0.3 is 0 Å². The van der Waals surface area contributed by atoms with Crippen LogP contribution in [-0.2, 0) is 21.4 Å². The van der Waals surface area contributed by atoms with Crippen LogP contribution in [0.25, 0.3) is 6.08 Å². The van der Waals surface area contributed by atoms with Gasteiger partial charge in [0.2, 0.25) is 15.9 Å². The maximum Gasteiger partial charge on any atom is 0.244 e. The van der Waals surface area contributed by atoms with Gasteiger partial charge in [-0.2, -0.15) is 4.31 Å². The van der Waals surface area contributed by atoms with Gasteiger partial charge in [-0.3, -0.25) is 4.79 Å². The lowest BCUT2D eigenvalue weighted by Gasteiger charge is -2.11. The maximum atomic E-state index is 11.4. The number of sulfonamides is 1. The molecule has 6 nitrogen and oxygen atoms in total. The van der Waals surface area contributed by atoms with Gasteiger partial charge < -0.3 is 9.73 Å². The average molecular weight is 300 g/mol. The Morgan fingerprint density at radius 3 is 2.75 bits per heavy atom. The van der Waals surface area contributed by atoms with Crippen molar-refractivity contribution < 1.29 is 17.6 Å². The molecule has 112 valence electrons. The van der Waals surface area contributed by atoms with Crippen LogP contribution in [0.1, 0.15) is 24.9 Å². The molecule has 0 aliphatic carbocycles. The second-order valence-corrected chi connectivity index (χ2v) is 6.54. The summed E-state index contributed by atoms with van der Waals surface area (Å²) in [5.74, 6) is 0.846. The summed E-state index contributed by atoms with van der Waals surface area (Å²) in [6, 6.07) is 3.38. The number of rotatable bonds is 7. The van der Waals surface area contributed by atoms with Crippen LogP contribution < -0.4 is 5.32 Å². The van der Waals surface area contributed by atoms with Crippen molar-refractivity contribution in [3.8, 4) is 0 Å². The zero-order valence-corrected chi connectivity index (χ0v) is 12.7. The number of amides is 1. The van der Waals surface area contributed by atoms with Gasteiger partial charge in [0.25, 0.3) is 0 Å². The Morgan fingerprint density at radius 1 is 1.45 bits per heavy atom. The van der Waals surface area contributed by atoms with Crippen LogP contribution in [0.3, 0.4) is 0 Å². The standard InChI is InChI=1S/C13H20N2O4S/c1-4-9-14-13(16)8-7-11-5-6-12(19-11)10-15(2)20(3,17)18/h5-8H,4,9-10H2,1-3H3,(H,14,16)/b8-7+. The number of hydrogen-bond acceptors (Lipinski definition) is 4. The maximum absolute atomic E-state index is 11.4. The van der Waals surface area contributed by atoms with Crippen molar-refractivity contribution in [3.63, 3.8) is 0 Å². The molecular formula is C13H20N2O4S. The molecule has 0 spiro atoms. The Bertz CT molecular complexity index is 575. The fourth-order valence-electron chi connectivity index (χ4n) is 1.37. The van der Waals surface area contributed by atoms with Gasteiger partial charge in [0.05, 0.1) is 12.8 Å². The Morgan fingerprint density at radius 2 is 2.15 bits per heavy atom. The molecule has 0 unspecified atom stereocenters. The summed E-state index contributed by atoms with van der Waals surface area (Å²) in [6.45, 7) is 2.77. The fraction of sp³-hybridized carbons (Fsp3) is 0.462. The average Bonchev–Trinajstić information content (AvgIpc) is 2.80. The van der Waals surface area contributed by atoms with Crippen LogP contribution >= 0.6 is 0 Å². The molecule has 0 atom stereocenters. The first-order valence-electron chi connectivity index (χ1n) is 6.29. The molecule has 0 aliphatic rings. The van der Waals surface area contributed by atoms with Crippen molar-refractivity contribution in [1.82, 2.24) is 9.62 Å². The molecule has 0 aliphatic heterocycles. The van der Waals surface area contributed by atoms with Crippen LogP contribution in [0.4, 0.5) is 0 Å². The Labute approximate surface area is 119 Å². The van der Waals surface area contributed by atoms with E-state index in [-0.39, 0.29) is 12.5 Å². The lowest BCUT2D eigenvalue weighted by Crippen LogP contribution is -2.24. The van der Waals surface area contributed by atoms with Crippen molar-refractivity contribution in [1.29, 1.82) is 0 Å². The van der Waals surface area contributed by atoms with Gasteiger partial charge in [-0.15, -0.1) is 0 Å². The summed E-state index contributed by atoms with van der Waals surface area (Å²) >= 11 is 0. The van der Waals surface area contributed by atoms with Gasteiger partial charge in [0.1, 0.15) is 11.5 Å². The summed E-state index contributed by atoms with van der Waals surface area (Å²) in [4.78, 5) is 11.4. The summed E-state index contributed by atoms with van der Waals surface area (Å²) in [7, 11) is -1.76. The van der Waals surface area contributed by atoms with E-state index in [1.165, 1.54) is 17.4 Å². The first-order valence-corrected chi connectivity index (χ1v) is 8.13. The number of hydrogen-bond donors (Lipinski definition) is 1. The van der Waals surface area contributed by atoms with Gasteiger partial charge in [-0.1, -0.05) is 6.92 Å². The van der Waals surface area contributed by atoms with Gasteiger partial charge in [0.15, 0.2) is 0 Å². The zero-order valence-electron chi connectivity index (χ0n) is 11.9. The quantitative estimate of drug-likeness (QED) is 0.768. The van der Waals surface area contributed by atoms with E-state index in [0.717, 1.165) is 12.7 Å². The summed E-state index contributed by atoms with van der Waals surface area (Å²) in [5.41, 5.74) is 0. The van der Waals surface area contributed by atoms with Gasteiger partial charge in [-0.25, -0.2) is 8.42 Å². The third-order valence-corrected chi connectivity index (χ3v) is 3.84. The molecule has 1 rings (SSSR count). The molecule has 1 amide bonds. The topological polar surface area (TPSA) is 79.6 Å². The highest BCUT2D eigenvalue weighted by Crippen LogP contribution is 2.12. The summed E-state index contributed by atoms with van der Waals surface area (Å²) in [6.07, 6.45) is 4.95. The highest BCUT2D eigenvalue weighted by Gasteiger charge is 2.13. The molecule has 0 saturated carbocycles. The van der Waals surface area contributed by atoms with Gasteiger partial charge in [-0.05, 0) is 24.6 Å². The van der Waals surface area contributed by atoms with E-state index in [4.69, 9.17) is 4.42 Å². The molecule has 1 heterocycles. The van der Waals surface area contributed by atoms with Crippen LogP contribution in [-0.4, -0.2) is 38.5 Å². The van der Waals surface area contributed by atoms with E-state index >= 15 is 0 Å². The Balaban J connectivity index is 2.60. The van der Waals surface area contributed by atoms with Crippen molar-refractivity contribution in [3.05, 3.63) is 29.7 Å². The predicted octanol–water partition coefficient (Wildman–Crippen LogP) is 1.21.